The molecule has 1 unspecified atom stereocenters. The molecule has 0 aliphatic carbocycles. The van der Waals surface area contributed by atoms with Crippen molar-refractivity contribution in [3.05, 3.63) is 53.7 Å². The van der Waals surface area contributed by atoms with Crippen LogP contribution in [0, 0.1) is 12.8 Å². The van der Waals surface area contributed by atoms with Crippen LogP contribution in [0.15, 0.2) is 47.4 Å². The highest BCUT2D eigenvalue weighted by molar-refractivity contribution is 5.92. The zero-order valence-corrected chi connectivity index (χ0v) is 17.2. The molecule has 1 saturated heterocycles. The van der Waals surface area contributed by atoms with Crippen molar-refractivity contribution in [1.82, 2.24) is 19.7 Å². The zero-order valence-electron chi connectivity index (χ0n) is 17.2. The van der Waals surface area contributed by atoms with E-state index in [0.29, 0.717) is 12.2 Å². The van der Waals surface area contributed by atoms with Crippen LogP contribution in [0.4, 0.5) is 0 Å². The van der Waals surface area contributed by atoms with Crippen LogP contribution >= 0.6 is 0 Å². The average molecular weight is 370 g/mol. The molecule has 1 aromatic rings. The van der Waals surface area contributed by atoms with Crippen molar-refractivity contribution in [3.8, 4) is 0 Å². The minimum atomic E-state index is -0.0149. The van der Waals surface area contributed by atoms with Crippen LogP contribution in [-0.2, 0) is 7.05 Å². The smallest absolute Gasteiger partial charge is 0.274 e. The highest BCUT2D eigenvalue weighted by atomic mass is 16.2. The number of piperidine rings is 1. The molecule has 0 aromatic carbocycles. The van der Waals surface area contributed by atoms with Crippen LogP contribution in [0.1, 0.15) is 49.8 Å². The largest absolute Gasteiger partial charge is 0.337 e. The fourth-order valence-corrected chi connectivity index (χ4v) is 3.34. The maximum atomic E-state index is 12.9. The Hall–Kier alpha value is -2.63. The summed E-state index contributed by atoms with van der Waals surface area (Å²) >= 11 is 0. The second-order valence-corrected chi connectivity index (χ2v) is 7.22. The van der Waals surface area contributed by atoms with E-state index in [-0.39, 0.29) is 11.8 Å². The van der Waals surface area contributed by atoms with E-state index in [0.717, 1.165) is 42.0 Å². The second-order valence-electron chi connectivity index (χ2n) is 7.22. The Morgan fingerprint density at radius 3 is 2.63 bits per heavy atom. The molecule has 2 heterocycles. The molecule has 27 heavy (non-hydrogen) atoms. The van der Waals surface area contributed by atoms with Gasteiger partial charge in [0.05, 0.1) is 0 Å². The number of hydrazone groups is 1. The molecule has 0 spiro atoms. The van der Waals surface area contributed by atoms with Gasteiger partial charge in [-0.1, -0.05) is 18.7 Å². The van der Waals surface area contributed by atoms with Crippen molar-refractivity contribution in [2.45, 2.75) is 40.5 Å². The summed E-state index contributed by atoms with van der Waals surface area (Å²) in [6.45, 7) is 17.2. The molecule has 0 N–H and O–H groups in total. The summed E-state index contributed by atoms with van der Waals surface area (Å²) in [4.78, 5) is 14.8. The molecular formula is C21H31N5O. The van der Waals surface area contributed by atoms with Crippen LogP contribution in [0.5, 0.6) is 0 Å². The van der Waals surface area contributed by atoms with Crippen LogP contribution in [0.3, 0.4) is 0 Å². The first-order valence-corrected chi connectivity index (χ1v) is 9.35. The molecule has 0 radical (unpaired) electrons. The molecule has 0 bridgehead atoms. The van der Waals surface area contributed by atoms with Crippen molar-refractivity contribution in [1.29, 1.82) is 0 Å². The topological polar surface area (TPSA) is 53.7 Å². The van der Waals surface area contributed by atoms with Gasteiger partial charge in [-0.15, -0.1) is 0 Å². The van der Waals surface area contributed by atoms with Gasteiger partial charge in [-0.2, -0.15) is 10.2 Å². The number of aromatic nitrogens is 2. The van der Waals surface area contributed by atoms with Gasteiger partial charge in [0, 0.05) is 49.4 Å². The zero-order chi connectivity index (χ0) is 20.1. The molecule has 1 amide bonds. The van der Waals surface area contributed by atoms with E-state index in [1.807, 2.05) is 56.8 Å². The van der Waals surface area contributed by atoms with E-state index in [1.54, 1.807) is 10.9 Å². The number of rotatable bonds is 6. The third-order valence-corrected chi connectivity index (χ3v) is 4.69. The molecule has 1 fully saturated rings. The molecule has 1 atom stereocenters. The van der Waals surface area contributed by atoms with Gasteiger partial charge in [-0.05, 0) is 52.7 Å². The Morgan fingerprint density at radius 2 is 2.11 bits per heavy atom. The van der Waals surface area contributed by atoms with Crippen molar-refractivity contribution in [2.24, 2.45) is 18.1 Å². The number of hydrogen-bond acceptors (Lipinski definition) is 4. The monoisotopic (exact) mass is 369 g/mol. The van der Waals surface area contributed by atoms with Gasteiger partial charge in [-0.3, -0.25) is 9.48 Å². The standard InChI is InChI=1S/C21H31N5O/c1-8-22-26(16(4)5)20(12-15(2)3)18-10-9-11-25(14-18)21(27)19-13-17(6)24(7)23-19/h8,12-13,18H,2,4,9-11,14H2,1,3,5-7H3/b20-12-,22-8-. The number of allylic oxidation sites excluding steroid dienone is 3. The molecule has 0 saturated carbocycles. The van der Waals surface area contributed by atoms with Gasteiger partial charge in [0.25, 0.3) is 5.91 Å². The highest BCUT2D eigenvalue weighted by Crippen LogP contribution is 2.30. The molecule has 146 valence electrons. The number of carbonyl (C=O) groups excluding carboxylic acids is 1. The molecule has 6 heteroatoms. The number of amides is 1. The van der Waals surface area contributed by atoms with Crippen molar-refractivity contribution in [3.63, 3.8) is 0 Å². The lowest BCUT2D eigenvalue weighted by molar-refractivity contribution is 0.0672. The lowest BCUT2D eigenvalue weighted by atomic mass is 9.92. The molecule has 1 aliphatic rings. The first-order valence-electron chi connectivity index (χ1n) is 9.35. The Labute approximate surface area is 162 Å². The maximum Gasteiger partial charge on any atom is 0.274 e. The second kappa shape index (κ2) is 8.84. The van der Waals surface area contributed by atoms with E-state index in [1.165, 1.54) is 0 Å². The molecular weight excluding hydrogens is 338 g/mol. The van der Waals surface area contributed by atoms with Crippen LogP contribution < -0.4 is 0 Å². The Morgan fingerprint density at radius 1 is 1.41 bits per heavy atom. The number of hydrogen-bond donors (Lipinski definition) is 0. The quantitative estimate of drug-likeness (QED) is 0.434. The number of carbonyl (C=O) groups is 1. The first-order chi connectivity index (χ1) is 12.7. The fourth-order valence-electron chi connectivity index (χ4n) is 3.34. The van der Waals surface area contributed by atoms with Crippen molar-refractivity contribution < 1.29 is 4.79 Å². The van der Waals surface area contributed by atoms with Gasteiger partial charge >= 0.3 is 0 Å². The Balaban J connectivity index is 2.28. The van der Waals surface area contributed by atoms with Gasteiger partial charge in [0.2, 0.25) is 0 Å². The Bertz CT molecular complexity index is 767. The minimum absolute atomic E-state index is 0.0149. The Kier molecular flexibility index (Phi) is 6.77. The fraction of sp³-hybridized carbons (Fsp3) is 0.476. The lowest BCUT2D eigenvalue weighted by Gasteiger charge is -2.36. The molecule has 6 nitrogen and oxygen atoms in total. The van der Waals surface area contributed by atoms with Crippen molar-refractivity contribution in [2.75, 3.05) is 13.1 Å². The van der Waals surface area contributed by atoms with Crippen LogP contribution in [0.2, 0.25) is 0 Å². The predicted octanol–water partition coefficient (Wildman–Crippen LogP) is 3.88. The maximum absolute atomic E-state index is 12.9. The summed E-state index contributed by atoms with van der Waals surface area (Å²) in [5.41, 5.74) is 4.29. The van der Waals surface area contributed by atoms with Gasteiger partial charge in [-0.25, -0.2) is 5.01 Å². The summed E-state index contributed by atoms with van der Waals surface area (Å²) in [6, 6.07) is 1.85. The molecule has 2 rings (SSSR count). The lowest BCUT2D eigenvalue weighted by Crippen LogP contribution is -2.42. The van der Waals surface area contributed by atoms with Crippen molar-refractivity contribution >= 4 is 12.1 Å². The number of aryl methyl sites for hydroxylation is 2. The minimum Gasteiger partial charge on any atom is -0.337 e. The van der Waals surface area contributed by atoms with E-state index < -0.39 is 0 Å². The third kappa shape index (κ3) is 4.96. The molecule has 1 aromatic heterocycles. The van der Waals surface area contributed by atoms with Crippen LogP contribution in [0.25, 0.3) is 0 Å². The summed E-state index contributed by atoms with van der Waals surface area (Å²) in [5, 5.41) is 10.7. The van der Waals surface area contributed by atoms with E-state index in [9.17, 15) is 4.79 Å². The normalized spacial score (nSPS) is 18.0. The van der Waals surface area contributed by atoms with Crippen LogP contribution in [-0.4, -0.2) is 44.9 Å². The first kappa shape index (κ1) is 20.7. The third-order valence-electron chi connectivity index (χ3n) is 4.69. The summed E-state index contributed by atoms with van der Waals surface area (Å²) in [7, 11) is 1.85. The average Bonchev–Trinajstić information content (AvgIpc) is 2.96. The number of likely N-dealkylation sites (tertiary alicyclic amines) is 1. The van der Waals surface area contributed by atoms with Gasteiger partial charge in [0.15, 0.2) is 5.69 Å². The van der Waals surface area contributed by atoms with Gasteiger partial charge < -0.3 is 4.90 Å². The van der Waals surface area contributed by atoms with Gasteiger partial charge in [0.1, 0.15) is 0 Å². The SMILES string of the molecule is C=C(C)/C=C(/C1CCCN(C(=O)c2cc(C)n(C)n2)C1)N(/N=C\C)C(=C)C. The summed E-state index contributed by atoms with van der Waals surface area (Å²) < 4.78 is 1.74. The summed E-state index contributed by atoms with van der Waals surface area (Å²) in [5.74, 6) is 0.156. The highest BCUT2D eigenvalue weighted by Gasteiger charge is 2.30. The number of nitrogens with zero attached hydrogens (tertiary/aromatic N) is 5. The predicted molar refractivity (Wildman–Crippen MR) is 110 cm³/mol. The van der Waals surface area contributed by atoms with E-state index in [4.69, 9.17) is 0 Å². The molecule has 1 aliphatic heterocycles. The van der Waals surface area contributed by atoms with E-state index >= 15 is 0 Å². The summed E-state index contributed by atoms with van der Waals surface area (Å²) in [6.07, 6.45) is 5.73. The van der Waals surface area contributed by atoms with E-state index in [2.05, 4.69) is 23.4 Å².